The number of benzene rings is 2. The van der Waals surface area contributed by atoms with E-state index < -0.39 is 70.7 Å². The molecule has 2 aromatic rings. The van der Waals surface area contributed by atoms with Crippen molar-refractivity contribution < 1.29 is 59.7 Å². The number of alkyl halides is 6. The van der Waals surface area contributed by atoms with Crippen molar-refractivity contribution in [2.45, 2.75) is 56.9 Å². The predicted octanol–water partition coefficient (Wildman–Crippen LogP) is 6.77. The molecule has 0 heterocycles. The van der Waals surface area contributed by atoms with Gasteiger partial charge in [-0.1, -0.05) is 80.6 Å². The van der Waals surface area contributed by atoms with Gasteiger partial charge in [-0.15, -0.1) is 0 Å². The summed E-state index contributed by atoms with van der Waals surface area (Å²) in [6.07, 6.45) is -7.81. The van der Waals surface area contributed by atoms with Crippen LogP contribution in [-0.4, -0.2) is 57.0 Å². The Morgan fingerprint density at radius 1 is 0.848 bits per heavy atom. The van der Waals surface area contributed by atoms with Crippen LogP contribution in [0.3, 0.4) is 0 Å². The predicted molar refractivity (Wildman–Crippen MR) is 153 cm³/mol. The SMILES string of the molecule is CO[C@](C(=O)OCC1=CC(=O)CC(C)(C)[C@H]1C=C[C@@H](C)OC(=O)[C@@](OC)(c1ccccc1)C(F)(F)F)(c1ccccc1)C(F)(F)F. The lowest BCUT2D eigenvalue weighted by molar-refractivity contribution is -0.277. The van der Waals surface area contributed by atoms with Crippen LogP contribution in [-0.2, 0) is 44.5 Å². The molecule has 250 valence electrons. The van der Waals surface area contributed by atoms with Crippen LogP contribution in [0.1, 0.15) is 38.3 Å². The van der Waals surface area contributed by atoms with Crippen LogP contribution in [0.2, 0.25) is 0 Å². The zero-order valence-electron chi connectivity index (χ0n) is 25.7. The van der Waals surface area contributed by atoms with E-state index in [2.05, 4.69) is 0 Å². The smallest absolute Gasteiger partial charge is 0.432 e. The van der Waals surface area contributed by atoms with Crippen LogP contribution < -0.4 is 0 Å². The molecule has 0 radical (unpaired) electrons. The molecule has 0 aromatic heterocycles. The Balaban J connectivity index is 1.88. The fourth-order valence-electron chi connectivity index (χ4n) is 5.51. The van der Waals surface area contributed by atoms with Crippen molar-refractivity contribution in [3.63, 3.8) is 0 Å². The van der Waals surface area contributed by atoms with Gasteiger partial charge in [-0.25, -0.2) is 9.59 Å². The van der Waals surface area contributed by atoms with Gasteiger partial charge < -0.3 is 18.9 Å². The molecule has 0 saturated carbocycles. The minimum atomic E-state index is -5.22. The summed E-state index contributed by atoms with van der Waals surface area (Å²) in [4.78, 5) is 38.6. The summed E-state index contributed by atoms with van der Waals surface area (Å²) in [5.74, 6) is -4.63. The number of ether oxygens (including phenoxy) is 4. The monoisotopic (exact) mass is 656 g/mol. The van der Waals surface area contributed by atoms with Crippen LogP contribution in [0.5, 0.6) is 0 Å². The van der Waals surface area contributed by atoms with Gasteiger partial charge in [-0.2, -0.15) is 26.3 Å². The van der Waals surface area contributed by atoms with E-state index in [9.17, 15) is 40.7 Å². The summed E-state index contributed by atoms with van der Waals surface area (Å²) in [6, 6.07) is 12.4. The van der Waals surface area contributed by atoms with Crippen molar-refractivity contribution in [3.8, 4) is 0 Å². The molecule has 0 N–H and O–H groups in total. The van der Waals surface area contributed by atoms with E-state index in [0.717, 1.165) is 44.6 Å². The maximum atomic E-state index is 14.3. The molecule has 4 atom stereocenters. The van der Waals surface area contributed by atoms with Crippen molar-refractivity contribution in [1.82, 2.24) is 0 Å². The molecule has 2 aromatic carbocycles. The van der Waals surface area contributed by atoms with Gasteiger partial charge in [0.05, 0.1) is 0 Å². The fourth-order valence-corrected chi connectivity index (χ4v) is 5.51. The molecular weight excluding hydrogens is 622 g/mol. The summed E-state index contributed by atoms with van der Waals surface area (Å²) in [6.45, 7) is 3.93. The van der Waals surface area contributed by atoms with Crippen molar-refractivity contribution >= 4 is 17.7 Å². The second-order valence-corrected chi connectivity index (χ2v) is 11.4. The molecule has 13 heteroatoms. The Hall–Kier alpha value is -3.97. The molecule has 3 rings (SSSR count). The van der Waals surface area contributed by atoms with Gasteiger partial charge in [-0.05, 0) is 30.1 Å². The van der Waals surface area contributed by atoms with Gasteiger partial charge in [0, 0.05) is 37.7 Å². The molecule has 0 fully saturated rings. The summed E-state index contributed by atoms with van der Waals surface area (Å²) < 4.78 is 106. The number of carbonyl (C=O) groups excluding carboxylic acids is 3. The van der Waals surface area contributed by atoms with Crippen LogP contribution in [0.25, 0.3) is 0 Å². The molecule has 0 aliphatic heterocycles. The minimum absolute atomic E-state index is 0.00291. The molecule has 0 bridgehead atoms. The Bertz CT molecular complexity index is 1450. The average molecular weight is 657 g/mol. The quantitative estimate of drug-likeness (QED) is 0.150. The largest absolute Gasteiger partial charge is 0.458 e. The van der Waals surface area contributed by atoms with Crippen LogP contribution in [0.4, 0.5) is 26.3 Å². The number of esters is 2. The van der Waals surface area contributed by atoms with E-state index in [4.69, 9.17) is 18.9 Å². The van der Waals surface area contributed by atoms with Gasteiger partial charge in [0.15, 0.2) is 5.78 Å². The lowest BCUT2D eigenvalue weighted by Crippen LogP contribution is -2.52. The molecule has 0 saturated heterocycles. The van der Waals surface area contributed by atoms with Crippen molar-refractivity contribution in [2.75, 3.05) is 20.8 Å². The maximum absolute atomic E-state index is 14.3. The highest BCUT2D eigenvalue weighted by Crippen LogP contribution is 2.45. The highest BCUT2D eigenvalue weighted by atomic mass is 19.4. The molecule has 1 aliphatic rings. The number of carbonyl (C=O) groups is 3. The lowest BCUT2D eigenvalue weighted by atomic mass is 9.68. The van der Waals surface area contributed by atoms with Crippen LogP contribution in [0, 0.1) is 11.3 Å². The van der Waals surface area contributed by atoms with Gasteiger partial charge in [0.25, 0.3) is 11.2 Å². The first-order valence-corrected chi connectivity index (χ1v) is 14.0. The number of rotatable bonds is 11. The average Bonchev–Trinajstić information content (AvgIpc) is 2.96. The Labute approximate surface area is 262 Å². The first-order chi connectivity index (χ1) is 21.4. The minimum Gasteiger partial charge on any atom is -0.458 e. The van der Waals surface area contributed by atoms with E-state index >= 15 is 0 Å². The van der Waals surface area contributed by atoms with Gasteiger partial charge in [0.2, 0.25) is 0 Å². The summed E-state index contributed by atoms with van der Waals surface area (Å²) >= 11 is 0. The molecular formula is C33H34F6O7. The molecule has 1 aliphatic carbocycles. The van der Waals surface area contributed by atoms with Crippen LogP contribution >= 0.6 is 0 Å². The maximum Gasteiger partial charge on any atom is 0.432 e. The zero-order chi connectivity index (χ0) is 34.6. The third-order valence-corrected chi connectivity index (χ3v) is 7.80. The second kappa shape index (κ2) is 13.8. The second-order valence-electron chi connectivity index (χ2n) is 11.4. The number of hydrogen-bond acceptors (Lipinski definition) is 7. The van der Waals surface area contributed by atoms with E-state index in [1.807, 2.05) is 0 Å². The van der Waals surface area contributed by atoms with Crippen molar-refractivity contribution in [2.24, 2.45) is 11.3 Å². The normalized spacial score (nSPS) is 20.3. The molecule has 7 nitrogen and oxygen atoms in total. The van der Waals surface area contributed by atoms with E-state index in [1.54, 1.807) is 13.8 Å². The van der Waals surface area contributed by atoms with Crippen LogP contribution in [0.15, 0.2) is 84.5 Å². The number of methoxy groups -OCH3 is 2. The van der Waals surface area contributed by atoms with Gasteiger partial charge in [-0.3, -0.25) is 4.79 Å². The standard InChI is InChI=1S/C33H34F6O7/c1-21(46-28(42)31(44-5,33(37,38)39)24-14-10-7-11-15-24)16-17-26-22(18-25(40)19-29(26,2)3)20-45-27(41)30(43-4,32(34,35)36)23-12-8-6-9-13-23/h6-18,21,26H,19-20H2,1-5H3/t21-,26+,30+,31+/m1/s1. The fraction of sp³-hybridized carbons (Fsp3) is 0.424. The Morgan fingerprint density at radius 3 is 1.74 bits per heavy atom. The first kappa shape index (κ1) is 36.5. The molecule has 46 heavy (non-hydrogen) atoms. The van der Waals surface area contributed by atoms with E-state index in [1.165, 1.54) is 55.5 Å². The highest BCUT2D eigenvalue weighted by molar-refractivity contribution is 5.92. The third kappa shape index (κ3) is 7.05. The van der Waals surface area contributed by atoms with Gasteiger partial charge in [0.1, 0.15) is 12.7 Å². The molecule has 0 amide bonds. The molecule has 0 spiro atoms. The number of hydrogen-bond donors (Lipinski definition) is 0. The highest BCUT2D eigenvalue weighted by Gasteiger charge is 2.65. The first-order valence-electron chi connectivity index (χ1n) is 14.0. The topological polar surface area (TPSA) is 88.1 Å². The summed E-state index contributed by atoms with van der Waals surface area (Å²) in [7, 11) is 1.45. The Morgan fingerprint density at radius 2 is 1.30 bits per heavy atom. The number of allylic oxidation sites excluding steroid dienone is 2. The molecule has 0 unspecified atom stereocenters. The summed E-state index contributed by atoms with van der Waals surface area (Å²) in [5.41, 5.74) is -8.64. The van der Waals surface area contributed by atoms with Gasteiger partial charge >= 0.3 is 24.3 Å². The number of halogens is 6. The van der Waals surface area contributed by atoms with Crippen molar-refractivity contribution in [3.05, 3.63) is 95.6 Å². The van der Waals surface area contributed by atoms with Crippen molar-refractivity contribution in [1.29, 1.82) is 0 Å². The van der Waals surface area contributed by atoms with E-state index in [0.29, 0.717) is 0 Å². The summed E-state index contributed by atoms with van der Waals surface area (Å²) in [5, 5.41) is 0. The van der Waals surface area contributed by atoms with E-state index in [-0.39, 0.29) is 17.8 Å². The number of ketones is 1. The Kier molecular flexibility index (Phi) is 10.9. The lowest BCUT2D eigenvalue weighted by Gasteiger charge is -2.38. The third-order valence-electron chi connectivity index (χ3n) is 7.80. The zero-order valence-corrected chi connectivity index (χ0v) is 25.7.